The highest BCUT2D eigenvalue weighted by atomic mass is 32.2. The van der Waals surface area contributed by atoms with Crippen LogP contribution in [-0.2, 0) is 21.9 Å². The highest BCUT2D eigenvalue weighted by Gasteiger charge is 2.24. The Morgan fingerprint density at radius 1 is 1.06 bits per heavy atom. The normalized spacial score (nSPS) is 19.5. The number of benzene rings is 2. The lowest BCUT2D eigenvalue weighted by molar-refractivity contribution is -0.123. The Labute approximate surface area is 207 Å². The van der Waals surface area contributed by atoms with E-state index in [0.29, 0.717) is 29.7 Å². The summed E-state index contributed by atoms with van der Waals surface area (Å²) in [6.45, 7) is 3.96. The summed E-state index contributed by atoms with van der Waals surface area (Å²) in [5.41, 5.74) is 2.78. The molecule has 1 N–H and O–H groups in total. The number of anilines is 1. The van der Waals surface area contributed by atoms with E-state index < -0.39 is 15.8 Å². The molecular formula is C28H35FN2O3S. The van der Waals surface area contributed by atoms with Gasteiger partial charge in [-0.25, -0.2) is 12.8 Å². The summed E-state index contributed by atoms with van der Waals surface area (Å²) >= 11 is 0. The molecule has 1 heterocycles. The Morgan fingerprint density at radius 2 is 1.77 bits per heavy atom. The quantitative estimate of drug-likeness (QED) is 0.390. The minimum atomic E-state index is -3.82. The largest absolute Gasteiger partial charge is 0.350 e. The number of Topliss-reactive ketones (excluding diaryl/α,β-unsaturated/α-hetero) is 1. The van der Waals surface area contributed by atoms with Crippen molar-refractivity contribution in [3.8, 4) is 0 Å². The van der Waals surface area contributed by atoms with Crippen LogP contribution in [0.5, 0.6) is 0 Å². The van der Waals surface area contributed by atoms with E-state index in [1.165, 1.54) is 17.7 Å². The second-order valence-electron chi connectivity index (χ2n) is 10.2. The number of halogens is 1. The smallest absolute Gasteiger partial charge is 0.261 e. The summed E-state index contributed by atoms with van der Waals surface area (Å²) in [4.78, 5) is 12.4. The van der Waals surface area contributed by atoms with Crippen LogP contribution in [0.4, 0.5) is 10.1 Å². The van der Waals surface area contributed by atoms with Crippen molar-refractivity contribution < 1.29 is 17.6 Å². The molecule has 2 aromatic carbocycles. The monoisotopic (exact) mass is 498 g/mol. The Bertz CT molecular complexity index is 1300. The molecule has 188 valence electrons. The molecule has 3 aromatic rings. The first-order chi connectivity index (χ1) is 16.6. The van der Waals surface area contributed by atoms with Crippen LogP contribution >= 0.6 is 0 Å². The summed E-state index contributed by atoms with van der Waals surface area (Å²) in [6.07, 6.45) is 9.39. The van der Waals surface area contributed by atoms with Gasteiger partial charge in [-0.15, -0.1) is 0 Å². The van der Waals surface area contributed by atoms with Gasteiger partial charge in [0, 0.05) is 42.2 Å². The number of carbonyl (C=O) groups is 1. The number of aromatic nitrogens is 1. The maximum atomic E-state index is 13.2. The van der Waals surface area contributed by atoms with Crippen molar-refractivity contribution in [1.82, 2.24) is 4.57 Å². The number of rotatable bonds is 7. The van der Waals surface area contributed by atoms with Crippen molar-refractivity contribution in [2.45, 2.75) is 69.6 Å². The van der Waals surface area contributed by atoms with Crippen LogP contribution in [0.3, 0.4) is 0 Å². The van der Waals surface area contributed by atoms with Crippen molar-refractivity contribution in [1.29, 1.82) is 0 Å². The van der Waals surface area contributed by atoms with Gasteiger partial charge in [-0.3, -0.25) is 9.52 Å². The second-order valence-corrected chi connectivity index (χ2v) is 11.9. The molecule has 1 aromatic heterocycles. The first kappa shape index (κ1) is 25.4. The average molecular weight is 499 g/mol. The zero-order chi connectivity index (χ0) is 25.2. The molecule has 5 nitrogen and oxygen atoms in total. The Morgan fingerprint density at radius 3 is 2.49 bits per heavy atom. The SMILES string of the molecule is CC(C)C(=O)CC1CCCCC(c2cn(C)c3ccc(NS(=O)(=O)c4ccc(F)cc4)cc23)CC1. The van der Waals surface area contributed by atoms with Gasteiger partial charge in [0.25, 0.3) is 10.0 Å². The summed E-state index contributed by atoms with van der Waals surface area (Å²) < 4.78 is 43.7. The van der Waals surface area contributed by atoms with Gasteiger partial charge in [0.15, 0.2) is 0 Å². The van der Waals surface area contributed by atoms with E-state index in [4.69, 9.17) is 0 Å². The number of carbonyl (C=O) groups excluding carboxylic acids is 1. The van der Waals surface area contributed by atoms with Gasteiger partial charge in [-0.1, -0.05) is 33.1 Å². The fourth-order valence-corrected chi connectivity index (χ4v) is 6.27. The summed E-state index contributed by atoms with van der Waals surface area (Å²) in [7, 11) is -1.81. The van der Waals surface area contributed by atoms with Gasteiger partial charge in [0.05, 0.1) is 4.90 Å². The van der Waals surface area contributed by atoms with Gasteiger partial charge in [-0.2, -0.15) is 0 Å². The molecule has 0 spiro atoms. The third-order valence-corrected chi connectivity index (χ3v) is 8.71. The van der Waals surface area contributed by atoms with Crippen LogP contribution in [0.25, 0.3) is 10.9 Å². The van der Waals surface area contributed by atoms with Gasteiger partial charge in [0.1, 0.15) is 11.6 Å². The van der Waals surface area contributed by atoms with E-state index in [1.807, 2.05) is 33.0 Å². The highest BCUT2D eigenvalue weighted by molar-refractivity contribution is 7.92. The van der Waals surface area contributed by atoms with Gasteiger partial charge in [0.2, 0.25) is 0 Å². The van der Waals surface area contributed by atoms with E-state index in [0.717, 1.165) is 61.6 Å². The molecule has 0 amide bonds. The fourth-order valence-electron chi connectivity index (χ4n) is 5.22. The number of fused-ring (bicyclic) bond motifs is 1. The van der Waals surface area contributed by atoms with Crippen molar-refractivity contribution in [3.05, 3.63) is 60.0 Å². The fraction of sp³-hybridized carbons (Fsp3) is 0.464. The Hall–Kier alpha value is -2.67. The van der Waals surface area contributed by atoms with Crippen LogP contribution in [0.2, 0.25) is 0 Å². The number of nitrogens with zero attached hydrogens (tertiary/aromatic N) is 1. The van der Waals surface area contributed by atoms with E-state index in [9.17, 15) is 17.6 Å². The number of hydrogen-bond acceptors (Lipinski definition) is 3. The van der Waals surface area contributed by atoms with E-state index in [1.54, 1.807) is 6.07 Å². The van der Waals surface area contributed by atoms with Gasteiger partial charge >= 0.3 is 0 Å². The number of aryl methyl sites for hydroxylation is 1. The number of nitrogens with one attached hydrogen (secondary N) is 1. The van der Waals surface area contributed by atoms with E-state index in [-0.39, 0.29) is 10.8 Å². The zero-order valence-corrected chi connectivity index (χ0v) is 21.6. The minimum absolute atomic E-state index is 0.0225. The Balaban J connectivity index is 1.58. The van der Waals surface area contributed by atoms with Gasteiger partial charge < -0.3 is 4.57 Å². The second kappa shape index (κ2) is 10.5. The van der Waals surface area contributed by atoms with Crippen LogP contribution in [0.15, 0.2) is 53.6 Å². The molecule has 1 saturated carbocycles. The third-order valence-electron chi connectivity index (χ3n) is 7.31. The molecule has 35 heavy (non-hydrogen) atoms. The van der Waals surface area contributed by atoms with E-state index in [2.05, 4.69) is 15.5 Å². The van der Waals surface area contributed by atoms with Crippen molar-refractivity contribution in [2.75, 3.05) is 4.72 Å². The first-order valence-electron chi connectivity index (χ1n) is 12.5. The molecule has 2 unspecified atom stereocenters. The molecule has 1 fully saturated rings. The Kier molecular flexibility index (Phi) is 7.64. The molecule has 0 bridgehead atoms. The van der Waals surface area contributed by atoms with Crippen molar-refractivity contribution in [2.24, 2.45) is 18.9 Å². The molecule has 0 radical (unpaired) electrons. The molecule has 4 rings (SSSR count). The lowest BCUT2D eigenvalue weighted by Crippen LogP contribution is -2.16. The van der Waals surface area contributed by atoms with Crippen molar-refractivity contribution in [3.63, 3.8) is 0 Å². The highest BCUT2D eigenvalue weighted by Crippen LogP contribution is 2.39. The number of ketones is 1. The lowest BCUT2D eigenvalue weighted by Gasteiger charge is -2.25. The van der Waals surface area contributed by atoms with Crippen LogP contribution in [0.1, 0.15) is 70.3 Å². The molecular weight excluding hydrogens is 463 g/mol. The zero-order valence-electron chi connectivity index (χ0n) is 20.8. The molecule has 1 aliphatic rings. The van der Waals surface area contributed by atoms with Gasteiger partial charge in [-0.05, 0) is 79.1 Å². The third kappa shape index (κ3) is 5.95. The maximum Gasteiger partial charge on any atom is 0.261 e. The first-order valence-corrected chi connectivity index (χ1v) is 14.0. The lowest BCUT2D eigenvalue weighted by atomic mass is 9.80. The number of hydrogen-bond donors (Lipinski definition) is 1. The predicted octanol–water partition coefficient (Wildman–Crippen LogP) is 6.79. The van der Waals surface area contributed by atoms with Crippen LogP contribution < -0.4 is 4.72 Å². The average Bonchev–Trinajstić information content (AvgIpc) is 3.11. The molecule has 0 saturated heterocycles. The molecule has 0 aliphatic heterocycles. The maximum absolute atomic E-state index is 13.2. The predicted molar refractivity (Wildman–Crippen MR) is 139 cm³/mol. The summed E-state index contributed by atoms with van der Waals surface area (Å²) in [6, 6.07) is 10.4. The topological polar surface area (TPSA) is 68.2 Å². The van der Waals surface area contributed by atoms with E-state index >= 15 is 0 Å². The molecule has 7 heteroatoms. The van der Waals surface area contributed by atoms with Crippen LogP contribution in [0, 0.1) is 17.7 Å². The minimum Gasteiger partial charge on any atom is -0.350 e. The number of sulfonamides is 1. The summed E-state index contributed by atoms with van der Waals surface area (Å²) in [5.74, 6) is 0.788. The van der Waals surface area contributed by atoms with Crippen molar-refractivity contribution >= 4 is 32.4 Å². The molecule has 1 aliphatic carbocycles. The standard InChI is InChI=1S/C28H35FN2O3S/c1-19(2)28(32)16-20-6-4-5-7-21(9-8-20)26-18-31(3)27-15-12-23(17-25(26)27)30-35(33,34)24-13-10-22(29)11-14-24/h10-15,17-21,30H,4-9,16H2,1-3H3. The summed E-state index contributed by atoms with van der Waals surface area (Å²) in [5, 5.41) is 1.05. The van der Waals surface area contributed by atoms with Crippen LogP contribution in [-0.4, -0.2) is 18.8 Å². The molecule has 2 atom stereocenters.